The normalized spacial score (nSPS) is 12.0. The molecule has 0 spiro atoms. The van der Waals surface area contributed by atoms with Crippen LogP contribution >= 0.6 is 112 Å². The smallest absolute Gasteiger partial charge is 0.119 e. The molecule has 83 heavy (non-hydrogen) atoms. The minimum absolute atomic E-state index is 0.924. The van der Waals surface area contributed by atoms with E-state index in [0.717, 1.165) is 90.2 Å². The summed E-state index contributed by atoms with van der Waals surface area (Å²) in [5, 5.41) is 0. The van der Waals surface area contributed by atoms with Crippen LogP contribution in [0, 0.1) is 0 Å². The highest BCUT2D eigenvalue weighted by Crippen LogP contribution is 2.47. The van der Waals surface area contributed by atoms with Crippen LogP contribution in [0.25, 0.3) is 117 Å². The lowest BCUT2D eigenvalue weighted by atomic mass is 10.1. The van der Waals surface area contributed by atoms with Crippen LogP contribution in [0.2, 0.25) is 0 Å². The van der Waals surface area contributed by atoms with Gasteiger partial charge in [-0.05, 0) is 130 Å². The minimum Gasteiger partial charge on any atom is -0.339 e. The first-order chi connectivity index (χ1) is 40.9. The molecule has 0 aliphatic carbocycles. The summed E-state index contributed by atoms with van der Waals surface area (Å²) < 4.78 is 35.7. The Labute approximate surface area is 533 Å². The molecule has 0 amide bonds. The summed E-state index contributed by atoms with van der Waals surface area (Å²) >= 11 is 18.6. The molecular weight excluding hydrogens is 1290 g/mol. The van der Waals surface area contributed by atoms with Gasteiger partial charge in [0.1, 0.15) is 33.1 Å². The van der Waals surface area contributed by atoms with Crippen molar-refractivity contribution in [3.63, 3.8) is 0 Å². The lowest BCUT2D eigenvalue weighted by Gasteiger charge is -2.13. The highest BCUT2D eigenvalue weighted by Gasteiger charge is 2.23. The van der Waals surface area contributed by atoms with Crippen molar-refractivity contribution in [3.8, 4) is 84.0 Å². The highest BCUT2D eigenvalue weighted by molar-refractivity contribution is 9.11. The molecule has 17 heteroatoms. The maximum Gasteiger partial charge on any atom is 0.119 e. The third-order valence-electron chi connectivity index (χ3n) is 16.1. The third kappa shape index (κ3) is 13.2. The highest BCUT2D eigenvalue weighted by atomic mass is 79.9. The molecule has 12 aromatic rings. The fourth-order valence-electron chi connectivity index (χ4n) is 11.6. The summed E-state index contributed by atoms with van der Waals surface area (Å²) in [5.74, 6) is 0. The van der Waals surface area contributed by atoms with Crippen LogP contribution in [0.5, 0.6) is 0 Å². The summed E-state index contributed by atoms with van der Waals surface area (Å²) in [5.41, 5.74) is 15.3. The van der Waals surface area contributed by atoms with Crippen molar-refractivity contribution in [2.75, 3.05) is 0 Å². The van der Waals surface area contributed by atoms with E-state index in [-0.39, 0.29) is 0 Å². The Morgan fingerprint density at radius 1 is 0.277 bits per heavy atom. The summed E-state index contributed by atoms with van der Waals surface area (Å²) in [6.07, 6.45) is 26.3. The number of hydrogen-bond donors (Lipinski definition) is 0. The summed E-state index contributed by atoms with van der Waals surface area (Å²) in [7, 11) is 0. The zero-order valence-corrected chi connectivity index (χ0v) is 56.0. The van der Waals surface area contributed by atoms with E-state index in [1.807, 2.05) is 45.3 Å². The Bertz CT molecular complexity index is 3810. The SMILES string of the molecule is CCCCCCCCCCCCn1c(-c2ccc(-c3ccc(Br)c4nsnc34)s2)ccc1-c1ccc(-c2ccc(-c3ccc(-c4ccc(-c5ccc(-c6ccc(Br)c7nsnc67)s5)n4CCCCCCCCCCCC)s3)c3nsnc23)s1. The van der Waals surface area contributed by atoms with Gasteiger partial charge >= 0.3 is 0 Å². The van der Waals surface area contributed by atoms with E-state index in [4.69, 9.17) is 17.5 Å². The summed E-state index contributed by atoms with van der Waals surface area (Å²) in [6.45, 7) is 6.55. The molecule has 0 N–H and O–H groups in total. The van der Waals surface area contributed by atoms with Gasteiger partial charge in [0, 0.05) is 63.8 Å². The van der Waals surface area contributed by atoms with Crippen LogP contribution in [-0.2, 0) is 13.1 Å². The number of hydrogen-bond acceptors (Lipinski definition) is 13. The van der Waals surface area contributed by atoms with Gasteiger partial charge in [0.2, 0.25) is 0 Å². The average Bonchev–Trinajstić information content (AvgIpc) is 4.53. The molecule has 0 aliphatic rings. The van der Waals surface area contributed by atoms with Crippen molar-refractivity contribution in [2.24, 2.45) is 0 Å². The number of rotatable bonds is 30. The van der Waals surface area contributed by atoms with Gasteiger partial charge in [-0.1, -0.05) is 154 Å². The van der Waals surface area contributed by atoms with Crippen LogP contribution in [-0.4, -0.2) is 35.4 Å². The van der Waals surface area contributed by atoms with E-state index in [9.17, 15) is 0 Å². The van der Waals surface area contributed by atoms with Crippen molar-refractivity contribution < 1.29 is 0 Å². The molecule has 0 fully saturated rings. The molecule has 0 bridgehead atoms. The Hall–Kier alpha value is -4.56. The second kappa shape index (κ2) is 28.3. The first kappa shape index (κ1) is 58.8. The van der Waals surface area contributed by atoms with Crippen LogP contribution in [0.3, 0.4) is 0 Å². The van der Waals surface area contributed by atoms with Gasteiger partial charge in [-0.25, -0.2) is 0 Å². The van der Waals surface area contributed by atoms with Crippen LogP contribution < -0.4 is 0 Å². The molecule has 0 unspecified atom stereocenters. The zero-order valence-electron chi connectivity index (χ0n) is 47.1. The second-order valence-corrected chi connectivity index (χ2v) is 29.4. The van der Waals surface area contributed by atoms with Crippen molar-refractivity contribution in [1.82, 2.24) is 35.4 Å². The maximum absolute atomic E-state index is 5.01. The van der Waals surface area contributed by atoms with Crippen molar-refractivity contribution in [3.05, 3.63) is 118 Å². The number of nitrogens with zero attached hydrogens (tertiary/aromatic N) is 8. The fraction of sp³-hybridized carbons (Fsp3) is 0.364. The lowest BCUT2D eigenvalue weighted by molar-refractivity contribution is 0.538. The van der Waals surface area contributed by atoms with E-state index in [2.05, 4.69) is 173 Å². The van der Waals surface area contributed by atoms with Crippen LogP contribution in [0.1, 0.15) is 142 Å². The largest absolute Gasteiger partial charge is 0.339 e. The maximum atomic E-state index is 5.01. The molecule has 8 nitrogen and oxygen atoms in total. The molecule has 3 aromatic carbocycles. The number of fused-ring (bicyclic) bond motifs is 3. The fourth-order valence-corrected chi connectivity index (χ4v) is 18.6. The Morgan fingerprint density at radius 3 is 0.819 bits per heavy atom. The molecule has 0 saturated heterocycles. The number of benzene rings is 3. The molecule has 0 saturated carbocycles. The Morgan fingerprint density at radius 2 is 0.518 bits per heavy atom. The van der Waals surface area contributed by atoms with E-state index >= 15 is 0 Å². The first-order valence-electron chi connectivity index (χ1n) is 29.8. The molecule has 0 radical (unpaired) electrons. The Kier molecular flexibility index (Phi) is 20.1. The van der Waals surface area contributed by atoms with Gasteiger partial charge in [0.25, 0.3) is 0 Å². The van der Waals surface area contributed by atoms with E-state index < -0.39 is 0 Å². The van der Waals surface area contributed by atoms with Gasteiger partial charge in [0.05, 0.1) is 77.5 Å². The topological polar surface area (TPSA) is 87.2 Å². The van der Waals surface area contributed by atoms with Gasteiger partial charge in [-0.15, -0.1) is 45.3 Å². The summed E-state index contributed by atoms with van der Waals surface area (Å²) in [4.78, 5) is 9.90. The second-order valence-electron chi connectivity index (χ2n) is 21.8. The van der Waals surface area contributed by atoms with Crippen molar-refractivity contribution in [1.29, 1.82) is 0 Å². The number of thiophene rings is 4. The van der Waals surface area contributed by atoms with Gasteiger partial charge < -0.3 is 9.13 Å². The molecule has 0 atom stereocenters. The molecule has 428 valence electrons. The van der Waals surface area contributed by atoms with Gasteiger partial charge in [-0.2, -0.15) is 26.2 Å². The van der Waals surface area contributed by atoms with Crippen molar-refractivity contribution >= 4 is 145 Å². The van der Waals surface area contributed by atoms with Gasteiger partial charge in [0.15, 0.2) is 0 Å². The van der Waals surface area contributed by atoms with Gasteiger partial charge in [-0.3, -0.25) is 0 Å². The van der Waals surface area contributed by atoms with E-state index in [1.54, 1.807) is 0 Å². The monoisotopic (exact) mass is 1350 g/mol. The third-order valence-corrected chi connectivity index (χ3v) is 23.5. The minimum atomic E-state index is 0.924. The predicted octanol–water partition coefficient (Wildman–Crippen LogP) is 24.3. The molecule has 9 aromatic heterocycles. The quantitative estimate of drug-likeness (QED) is 0.0417. The molecule has 12 rings (SSSR count). The van der Waals surface area contributed by atoms with Crippen molar-refractivity contribution in [2.45, 2.75) is 155 Å². The van der Waals surface area contributed by atoms with E-state index in [0.29, 0.717) is 0 Å². The predicted molar refractivity (Wildman–Crippen MR) is 369 cm³/mol. The van der Waals surface area contributed by atoms with E-state index in [1.165, 1.54) is 213 Å². The number of unbranched alkanes of at least 4 members (excludes halogenated alkanes) is 18. The standard InChI is InChI=1S/C66H68Br2N8S7/c1-3-5-7-9-11-13-15-17-19-21-41-75-49(29-31-51(75)59-39-35-55(79-59)45-25-27-47(67)65-63(45)71-82-73-65)57-37-33-53(77-57)43-23-24-44(62-61(43)69-81-70-62)54-34-38-58(78-54)50-30-32-52(76(50)42-22-20-18-16-14-12-10-8-6-4-2)60-40-36-56(80-60)46-26-28-48(68)66-64(46)72-83-74-66/h23-40H,3-22,41-42H2,1-2H3. The molecule has 0 aliphatic heterocycles. The lowest BCUT2D eigenvalue weighted by Crippen LogP contribution is -2.01. The average molecular weight is 1360 g/mol. The van der Waals surface area contributed by atoms with Crippen LogP contribution in [0.4, 0.5) is 0 Å². The number of aromatic nitrogens is 8. The Balaban J connectivity index is 0.796. The first-order valence-corrected chi connectivity index (χ1v) is 36.9. The summed E-state index contributed by atoms with van der Waals surface area (Å²) in [6, 6.07) is 40.8. The number of halogens is 2. The molecular formula is C66H68Br2N8S7. The van der Waals surface area contributed by atoms with Crippen LogP contribution in [0.15, 0.2) is 118 Å². The molecule has 9 heterocycles. The zero-order chi connectivity index (χ0) is 56.5.